The summed E-state index contributed by atoms with van der Waals surface area (Å²) in [4.78, 5) is 12.3. The van der Waals surface area contributed by atoms with Crippen molar-refractivity contribution in [2.24, 2.45) is 5.84 Å². The highest BCUT2D eigenvalue weighted by molar-refractivity contribution is 6.32. The van der Waals surface area contributed by atoms with Gasteiger partial charge in [0.2, 0.25) is 0 Å². The van der Waals surface area contributed by atoms with Crippen LogP contribution >= 0.6 is 11.6 Å². The van der Waals surface area contributed by atoms with E-state index in [1.54, 1.807) is 30.3 Å². The Morgan fingerprint density at radius 3 is 2.67 bits per heavy atom. The van der Waals surface area contributed by atoms with Crippen LogP contribution in [0.25, 0.3) is 0 Å². The summed E-state index contributed by atoms with van der Waals surface area (Å²) in [6.07, 6.45) is 0. The van der Waals surface area contributed by atoms with Gasteiger partial charge in [-0.3, -0.25) is 10.6 Å². The van der Waals surface area contributed by atoms with Crippen LogP contribution in [-0.4, -0.2) is 13.0 Å². The van der Waals surface area contributed by atoms with Gasteiger partial charge in [0.15, 0.2) is 0 Å². The van der Waals surface area contributed by atoms with E-state index in [1.165, 1.54) is 7.11 Å². The zero-order chi connectivity index (χ0) is 15.4. The fourth-order valence-corrected chi connectivity index (χ4v) is 2.11. The number of nitrogens with two attached hydrogens (primary N) is 1. The molecule has 0 fully saturated rings. The molecule has 0 aromatic heterocycles. The van der Waals surface area contributed by atoms with Gasteiger partial charge in [-0.05, 0) is 36.8 Å². The van der Waals surface area contributed by atoms with Crippen molar-refractivity contribution in [1.29, 1.82) is 0 Å². The summed E-state index contributed by atoms with van der Waals surface area (Å²) in [5.74, 6) is 5.67. The molecule has 0 aliphatic heterocycles. The first kappa shape index (κ1) is 15.2. The molecule has 4 N–H and O–H groups in total. The second-order valence-electron chi connectivity index (χ2n) is 4.50. The van der Waals surface area contributed by atoms with Crippen molar-refractivity contribution in [2.75, 3.05) is 17.9 Å². The van der Waals surface area contributed by atoms with Crippen molar-refractivity contribution in [3.05, 3.63) is 52.5 Å². The van der Waals surface area contributed by atoms with E-state index in [2.05, 4.69) is 10.7 Å². The molecule has 0 aliphatic carbocycles. The zero-order valence-electron chi connectivity index (χ0n) is 11.7. The molecule has 6 heteroatoms. The van der Waals surface area contributed by atoms with Gasteiger partial charge in [-0.2, -0.15) is 0 Å². The highest BCUT2D eigenvalue weighted by atomic mass is 35.5. The average Bonchev–Trinajstić information content (AvgIpc) is 2.48. The average molecular weight is 306 g/mol. The first-order valence-corrected chi connectivity index (χ1v) is 6.65. The number of halogens is 1. The third kappa shape index (κ3) is 3.45. The zero-order valence-corrected chi connectivity index (χ0v) is 12.5. The summed E-state index contributed by atoms with van der Waals surface area (Å²) in [5, 5.41) is 3.26. The maximum Gasteiger partial charge on any atom is 0.257 e. The third-order valence-electron chi connectivity index (χ3n) is 2.98. The Bertz CT molecular complexity index is 674. The number of anilines is 2. The van der Waals surface area contributed by atoms with Gasteiger partial charge >= 0.3 is 0 Å². The molecule has 0 unspecified atom stereocenters. The van der Waals surface area contributed by atoms with Crippen LogP contribution in [0.3, 0.4) is 0 Å². The van der Waals surface area contributed by atoms with Gasteiger partial charge < -0.3 is 15.5 Å². The smallest absolute Gasteiger partial charge is 0.257 e. The summed E-state index contributed by atoms with van der Waals surface area (Å²) in [5.41, 5.74) is 5.14. The Balaban J connectivity index is 2.26. The molecular weight excluding hydrogens is 290 g/mol. The Kier molecular flexibility index (Phi) is 4.67. The molecule has 2 rings (SSSR count). The normalized spacial score (nSPS) is 10.1. The minimum Gasteiger partial charge on any atom is -0.495 e. The molecule has 0 spiro atoms. The summed E-state index contributed by atoms with van der Waals surface area (Å²) in [6, 6.07) is 10.4. The number of carbonyl (C=O) groups excluding carboxylic acids is 1. The van der Waals surface area contributed by atoms with E-state index in [4.69, 9.17) is 22.2 Å². The molecule has 0 radical (unpaired) electrons. The van der Waals surface area contributed by atoms with Gasteiger partial charge in [-0.15, -0.1) is 0 Å². The second kappa shape index (κ2) is 6.47. The number of ether oxygens (including phenoxy) is 1. The van der Waals surface area contributed by atoms with Gasteiger partial charge in [0.25, 0.3) is 5.91 Å². The Hall–Kier alpha value is -2.24. The van der Waals surface area contributed by atoms with Gasteiger partial charge in [-0.25, -0.2) is 0 Å². The predicted molar refractivity (Wildman–Crippen MR) is 84.9 cm³/mol. The quantitative estimate of drug-likeness (QED) is 0.599. The van der Waals surface area contributed by atoms with Gasteiger partial charge in [0.1, 0.15) is 5.75 Å². The molecule has 0 saturated carbocycles. The van der Waals surface area contributed by atoms with Crippen LogP contribution in [0.15, 0.2) is 36.4 Å². The summed E-state index contributed by atoms with van der Waals surface area (Å²) in [6.45, 7) is 1.92. The Morgan fingerprint density at radius 1 is 1.24 bits per heavy atom. The van der Waals surface area contributed by atoms with Crippen molar-refractivity contribution in [3.63, 3.8) is 0 Å². The molecule has 0 bridgehead atoms. The van der Waals surface area contributed by atoms with E-state index in [0.717, 1.165) is 5.56 Å². The van der Waals surface area contributed by atoms with E-state index >= 15 is 0 Å². The lowest BCUT2D eigenvalue weighted by atomic mass is 10.1. The van der Waals surface area contributed by atoms with Crippen LogP contribution in [-0.2, 0) is 0 Å². The lowest BCUT2D eigenvalue weighted by Crippen LogP contribution is -2.17. The van der Waals surface area contributed by atoms with Crippen molar-refractivity contribution in [2.45, 2.75) is 6.92 Å². The van der Waals surface area contributed by atoms with Crippen LogP contribution in [0.2, 0.25) is 5.02 Å². The van der Waals surface area contributed by atoms with Crippen molar-refractivity contribution < 1.29 is 9.53 Å². The number of amides is 1. The summed E-state index contributed by atoms with van der Waals surface area (Å²) >= 11 is 5.95. The fourth-order valence-electron chi connectivity index (χ4n) is 1.91. The Morgan fingerprint density at radius 2 is 2.00 bits per heavy atom. The number of nitrogens with one attached hydrogen (secondary N) is 2. The molecule has 2 aromatic rings. The Labute approximate surface area is 128 Å². The van der Waals surface area contributed by atoms with Gasteiger partial charge in [-0.1, -0.05) is 17.7 Å². The minimum absolute atomic E-state index is 0.271. The minimum atomic E-state index is -0.271. The second-order valence-corrected chi connectivity index (χ2v) is 4.90. The number of rotatable bonds is 4. The van der Waals surface area contributed by atoms with E-state index in [1.807, 2.05) is 13.0 Å². The lowest BCUT2D eigenvalue weighted by molar-refractivity contribution is 0.102. The number of benzene rings is 2. The molecule has 0 aliphatic rings. The lowest BCUT2D eigenvalue weighted by Gasteiger charge is -2.11. The first-order valence-electron chi connectivity index (χ1n) is 6.27. The third-order valence-corrected chi connectivity index (χ3v) is 3.30. The van der Waals surface area contributed by atoms with Gasteiger partial charge in [0.05, 0.1) is 23.4 Å². The molecule has 1 amide bonds. The molecule has 21 heavy (non-hydrogen) atoms. The van der Waals surface area contributed by atoms with Crippen molar-refractivity contribution in [1.82, 2.24) is 0 Å². The molecule has 0 atom stereocenters. The van der Waals surface area contributed by atoms with Crippen LogP contribution in [0.5, 0.6) is 5.75 Å². The fraction of sp³-hybridized carbons (Fsp3) is 0.133. The molecule has 0 heterocycles. The summed E-state index contributed by atoms with van der Waals surface area (Å²) in [7, 11) is 1.52. The van der Waals surface area contributed by atoms with Crippen molar-refractivity contribution >= 4 is 28.9 Å². The maximum absolute atomic E-state index is 12.3. The first-order chi connectivity index (χ1) is 10.0. The van der Waals surface area contributed by atoms with E-state index < -0.39 is 0 Å². The van der Waals surface area contributed by atoms with Crippen LogP contribution < -0.4 is 21.3 Å². The number of hydrogen-bond donors (Lipinski definition) is 3. The highest BCUT2D eigenvalue weighted by Crippen LogP contribution is 2.28. The molecule has 110 valence electrons. The maximum atomic E-state index is 12.3. The van der Waals surface area contributed by atoms with Gasteiger partial charge in [0, 0.05) is 11.8 Å². The van der Waals surface area contributed by atoms with Crippen LogP contribution in [0.1, 0.15) is 15.9 Å². The summed E-state index contributed by atoms with van der Waals surface area (Å²) < 4.78 is 5.12. The highest BCUT2D eigenvalue weighted by Gasteiger charge is 2.12. The number of methoxy groups -OCH3 is 1. The largest absolute Gasteiger partial charge is 0.495 e. The molecule has 5 nitrogen and oxygen atoms in total. The standard InChI is InChI=1S/C15H16ClN3O2/c1-9-3-5-11(13(7-9)19-17)15(20)18-10-4-6-12(16)14(8-10)21-2/h3-8,19H,17H2,1-2H3,(H,18,20). The van der Waals surface area contributed by atoms with Crippen LogP contribution in [0, 0.1) is 6.92 Å². The number of nitrogen functional groups attached to an aromatic ring is 1. The topological polar surface area (TPSA) is 76.4 Å². The van der Waals surface area contributed by atoms with E-state index in [0.29, 0.717) is 27.7 Å². The number of hydrazine groups is 1. The SMILES string of the molecule is COc1cc(NC(=O)c2ccc(C)cc2NN)ccc1Cl. The predicted octanol–water partition coefficient (Wildman–Crippen LogP) is 3.19. The van der Waals surface area contributed by atoms with E-state index in [9.17, 15) is 4.79 Å². The number of hydrogen-bond acceptors (Lipinski definition) is 4. The molecular formula is C15H16ClN3O2. The molecule has 0 saturated heterocycles. The van der Waals surface area contributed by atoms with E-state index in [-0.39, 0.29) is 5.91 Å². The molecule has 2 aromatic carbocycles. The number of aryl methyl sites for hydroxylation is 1. The number of carbonyl (C=O) groups is 1. The monoisotopic (exact) mass is 305 g/mol. The van der Waals surface area contributed by atoms with Crippen molar-refractivity contribution in [3.8, 4) is 5.75 Å². The van der Waals surface area contributed by atoms with Crippen LogP contribution in [0.4, 0.5) is 11.4 Å².